The number of benzene rings is 3. The Morgan fingerprint density at radius 2 is 1.68 bits per heavy atom. The molecule has 1 aliphatic heterocycles. The molecule has 3 aromatic carbocycles. The van der Waals surface area contributed by atoms with Gasteiger partial charge in [-0.3, -0.25) is 0 Å². The van der Waals surface area contributed by atoms with Gasteiger partial charge < -0.3 is 28.1 Å². The average molecular weight is 460 g/mol. The maximum Gasteiger partial charge on any atom is 0.344 e. The van der Waals surface area contributed by atoms with Crippen LogP contribution in [0.15, 0.2) is 63.8 Å². The first-order valence-corrected chi connectivity index (χ1v) is 10.4. The Balaban J connectivity index is 1.52. The highest BCUT2D eigenvalue weighted by Gasteiger charge is 2.19. The van der Waals surface area contributed by atoms with Gasteiger partial charge in [-0.05, 0) is 66.6 Å². The minimum absolute atomic E-state index is 0.116. The van der Waals surface area contributed by atoms with Crippen LogP contribution < -0.4 is 29.3 Å². The first kappa shape index (κ1) is 21.4. The molecule has 2 heterocycles. The Morgan fingerprint density at radius 1 is 0.882 bits per heavy atom. The zero-order valence-corrected chi connectivity index (χ0v) is 18.7. The standard InChI is InChI=1S/C26H20O8/c1-14-18-12-17(33-25(27)16-5-8-21-23(11-16)32-13-31-21)6-9-19(18)34-26(28)24(14)15-4-7-20(29-2)22(10-15)30-3/h4-12H,13H2,1-3H3. The van der Waals surface area contributed by atoms with Gasteiger partial charge in [0, 0.05) is 5.39 Å². The number of carbonyl (C=O) groups is 1. The molecule has 0 fully saturated rings. The van der Waals surface area contributed by atoms with Gasteiger partial charge in [-0.1, -0.05) is 6.07 Å². The summed E-state index contributed by atoms with van der Waals surface area (Å²) in [5.74, 6) is 1.87. The molecule has 8 nitrogen and oxygen atoms in total. The Kier molecular flexibility index (Phi) is 5.33. The van der Waals surface area contributed by atoms with E-state index in [1.165, 1.54) is 7.11 Å². The highest BCUT2D eigenvalue weighted by molar-refractivity contribution is 5.93. The molecule has 34 heavy (non-hydrogen) atoms. The maximum absolute atomic E-state index is 12.8. The zero-order chi connectivity index (χ0) is 23.8. The molecule has 0 radical (unpaired) electrons. The number of esters is 1. The van der Waals surface area contributed by atoms with Crippen molar-refractivity contribution in [2.24, 2.45) is 0 Å². The lowest BCUT2D eigenvalue weighted by Crippen LogP contribution is -2.09. The number of aryl methyl sites for hydroxylation is 1. The molecule has 8 heteroatoms. The lowest BCUT2D eigenvalue weighted by Gasteiger charge is -2.12. The second-order valence-corrected chi connectivity index (χ2v) is 7.57. The molecule has 1 aromatic heterocycles. The van der Waals surface area contributed by atoms with Crippen LogP contribution in [0.3, 0.4) is 0 Å². The van der Waals surface area contributed by atoms with Gasteiger partial charge in [0.15, 0.2) is 23.0 Å². The average Bonchev–Trinajstić information content (AvgIpc) is 3.32. The third-order valence-electron chi connectivity index (χ3n) is 5.63. The normalized spacial score (nSPS) is 12.0. The molecule has 172 valence electrons. The topological polar surface area (TPSA) is 93.4 Å². The van der Waals surface area contributed by atoms with Crippen LogP contribution >= 0.6 is 0 Å². The van der Waals surface area contributed by atoms with Gasteiger partial charge in [0.05, 0.1) is 25.3 Å². The first-order chi connectivity index (χ1) is 16.5. The van der Waals surface area contributed by atoms with Crippen molar-refractivity contribution in [2.75, 3.05) is 21.0 Å². The minimum atomic E-state index is -0.548. The fraction of sp³-hybridized carbons (Fsp3) is 0.154. The molecule has 0 unspecified atom stereocenters. The highest BCUT2D eigenvalue weighted by atomic mass is 16.7. The van der Waals surface area contributed by atoms with Crippen molar-refractivity contribution in [3.8, 4) is 39.9 Å². The lowest BCUT2D eigenvalue weighted by molar-refractivity contribution is 0.0734. The maximum atomic E-state index is 12.8. The Hall–Kier alpha value is -4.46. The van der Waals surface area contributed by atoms with Crippen molar-refractivity contribution < 1.29 is 32.9 Å². The van der Waals surface area contributed by atoms with E-state index in [4.69, 9.17) is 28.1 Å². The van der Waals surface area contributed by atoms with E-state index in [2.05, 4.69) is 0 Å². The highest BCUT2D eigenvalue weighted by Crippen LogP contribution is 2.35. The fourth-order valence-corrected chi connectivity index (χ4v) is 3.91. The Labute approximate surface area is 194 Å². The Morgan fingerprint density at radius 3 is 2.47 bits per heavy atom. The van der Waals surface area contributed by atoms with Gasteiger partial charge in [0.2, 0.25) is 6.79 Å². The van der Waals surface area contributed by atoms with Crippen LogP contribution in [0.25, 0.3) is 22.1 Å². The summed E-state index contributed by atoms with van der Waals surface area (Å²) in [6.07, 6.45) is 0. The molecule has 0 saturated heterocycles. The molecule has 4 aromatic rings. The summed E-state index contributed by atoms with van der Waals surface area (Å²) < 4.78 is 32.4. The number of methoxy groups -OCH3 is 2. The van der Waals surface area contributed by atoms with E-state index in [0.717, 1.165) is 0 Å². The molecule has 0 saturated carbocycles. The smallest absolute Gasteiger partial charge is 0.344 e. The fourth-order valence-electron chi connectivity index (χ4n) is 3.91. The van der Waals surface area contributed by atoms with Crippen molar-refractivity contribution in [3.63, 3.8) is 0 Å². The van der Waals surface area contributed by atoms with Crippen LogP contribution in [-0.2, 0) is 0 Å². The summed E-state index contributed by atoms with van der Waals surface area (Å²) >= 11 is 0. The van der Waals surface area contributed by atoms with Gasteiger partial charge in [-0.25, -0.2) is 9.59 Å². The van der Waals surface area contributed by atoms with Crippen molar-refractivity contribution in [3.05, 3.63) is 76.1 Å². The van der Waals surface area contributed by atoms with Crippen LogP contribution in [0.4, 0.5) is 0 Å². The quantitative estimate of drug-likeness (QED) is 0.240. The molecule has 0 bridgehead atoms. The SMILES string of the molecule is COc1ccc(-c2c(C)c3cc(OC(=O)c4ccc5c(c4)OCO5)ccc3oc2=O)cc1OC. The molecule has 0 amide bonds. The number of rotatable bonds is 5. The van der Waals surface area contributed by atoms with E-state index in [0.29, 0.717) is 62.0 Å². The van der Waals surface area contributed by atoms with Crippen molar-refractivity contribution >= 4 is 16.9 Å². The van der Waals surface area contributed by atoms with Crippen LogP contribution in [0.5, 0.6) is 28.7 Å². The third-order valence-corrected chi connectivity index (χ3v) is 5.63. The number of fused-ring (bicyclic) bond motifs is 2. The van der Waals surface area contributed by atoms with Crippen molar-refractivity contribution in [1.29, 1.82) is 0 Å². The van der Waals surface area contributed by atoms with Crippen molar-refractivity contribution in [2.45, 2.75) is 6.92 Å². The predicted molar refractivity (Wildman–Crippen MR) is 123 cm³/mol. The summed E-state index contributed by atoms with van der Waals surface area (Å²) in [6.45, 7) is 1.93. The molecule has 0 N–H and O–H groups in total. The first-order valence-electron chi connectivity index (χ1n) is 10.4. The van der Waals surface area contributed by atoms with E-state index in [9.17, 15) is 9.59 Å². The van der Waals surface area contributed by atoms with E-state index < -0.39 is 11.6 Å². The molecule has 0 spiro atoms. The van der Waals surface area contributed by atoms with Gasteiger partial charge in [0.1, 0.15) is 11.3 Å². The number of ether oxygens (including phenoxy) is 5. The largest absolute Gasteiger partial charge is 0.493 e. The molecular formula is C26H20O8. The van der Waals surface area contributed by atoms with Crippen molar-refractivity contribution in [1.82, 2.24) is 0 Å². The van der Waals surface area contributed by atoms with Crippen LogP contribution in [0.1, 0.15) is 15.9 Å². The van der Waals surface area contributed by atoms with Crippen LogP contribution in [0.2, 0.25) is 0 Å². The minimum Gasteiger partial charge on any atom is -0.493 e. The van der Waals surface area contributed by atoms with E-state index in [1.807, 2.05) is 6.92 Å². The van der Waals surface area contributed by atoms with Crippen LogP contribution in [0, 0.1) is 6.92 Å². The molecular weight excluding hydrogens is 440 g/mol. The second kappa shape index (κ2) is 8.47. The molecule has 1 aliphatic rings. The van der Waals surface area contributed by atoms with Crippen LogP contribution in [-0.4, -0.2) is 27.0 Å². The number of hydrogen-bond acceptors (Lipinski definition) is 8. The lowest BCUT2D eigenvalue weighted by atomic mass is 9.99. The van der Waals surface area contributed by atoms with E-state index in [1.54, 1.807) is 61.7 Å². The summed E-state index contributed by atoms with van der Waals surface area (Å²) in [6, 6.07) is 14.9. The summed E-state index contributed by atoms with van der Waals surface area (Å²) in [5.41, 5.74) is 1.91. The summed E-state index contributed by atoms with van der Waals surface area (Å²) in [4.78, 5) is 25.5. The molecule has 0 aliphatic carbocycles. The van der Waals surface area contributed by atoms with E-state index >= 15 is 0 Å². The van der Waals surface area contributed by atoms with Gasteiger partial charge >= 0.3 is 11.6 Å². The zero-order valence-electron chi connectivity index (χ0n) is 18.7. The summed E-state index contributed by atoms with van der Waals surface area (Å²) in [5, 5.41) is 0.639. The van der Waals surface area contributed by atoms with Gasteiger partial charge in [0.25, 0.3) is 0 Å². The van der Waals surface area contributed by atoms with Gasteiger partial charge in [-0.15, -0.1) is 0 Å². The third kappa shape index (κ3) is 3.69. The predicted octanol–water partition coefficient (Wildman–Crippen LogP) is 4.73. The van der Waals surface area contributed by atoms with E-state index in [-0.39, 0.29) is 6.79 Å². The number of hydrogen-bond donors (Lipinski definition) is 0. The summed E-state index contributed by atoms with van der Waals surface area (Å²) in [7, 11) is 3.07. The van der Waals surface area contributed by atoms with Gasteiger partial charge in [-0.2, -0.15) is 0 Å². The molecule has 0 atom stereocenters. The number of carbonyl (C=O) groups excluding carboxylic acids is 1. The Bertz CT molecular complexity index is 1480. The monoisotopic (exact) mass is 460 g/mol. The second-order valence-electron chi connectivity index (χ2n) is 7.57. The molecule has 5 rings (SSSR count).